The van der Waals surface area contributed by atoms with Crippen molar-refractivity contribution in [2.45, 2.75) is 0 Å². The van der Waals surface area contributed by atoms with Crippen LogP contribution in [0.1, 0.15) is 0 Å². The summed E-state index contributed by atoms with van der Waals surface area (Å²) in [5, 5.41) is 8.32. The molecule has 1 aromatic heterocycles. The molecule has 1 N–H and O–H groups in total. The number of benzene rings is 5. The SMILES string of the molecule is c1ccc(-c2cccc(Nc3cc4ccccc4c4c3oc3ccccc34)c2)cc1. The lowest BCUT2D eigenvalue weighted by atomic mass is 10.0. The number of fused-ring (bicyclic) bond motifs is 5. The second-order valence-electron chi connectivity index (χ2n) is 7.52. The van der Waals surface area contributed by atoms with Crippen molar-refractivity contribution in [3.63, 3.8) is 0 Å². The van der Waals surface area contributed by atoms with E-state index in [1.807, 2.05) is 18.2 Å². The van der Waals surface area contributed by atoms with Crippen LogP contribution in [0.3, 0.4) is 0 Å². The van der Waals surface area contributed by atoms with E-state index in [0.29, 0.717) is 0 Å². The maximum Gasteiger partial charge on any atom is 0.159 e. The molecular formula is C28H19NO. The first-order valence-corrected chi connectivity index (χ1v) is 10.1. The van der Waals surface area contributed by atoms with E-state index >= 15 is 0 Å². The Morgan fingerprint density at radius 2 is 1.30 bits per heavy atom. The fourth-order valence-electron chi connectivity index (χ4n) is 4.23. The zero-order valence-electron chi connectivity index (χ0n) is 16.3. The summed E-state index contributed by atoms with van der Waals surface area (Å²) in [6, 6.07) is 37.8. The number of rotatable bonds is 3. The van der Waals surface area contributed by atoms with Crippen LogP contribution in [-0.2, 0) is 0 Å². The van der Waals surface area contributed by atoms with E-state index in [9.17, 15) is 0 Å². The first-order chi connectivity index (χ1) is 14.9. The number of hydrogen-bond acceptors (Lipinski definition) is 2. The molecule has 0 saturated heterocycles. The van der Waals surface area contributed by atoms with Crippen molar-refractivity contribution in [3.8, 4) is 11.1 Å². The van der Waals surface area contributed by atoms with Crippen molar-refractivity contribution in [2.75, 3.05) is 5.32 Å². The van der Waals surface area contributed by atoms with Crippen LogP contribution in [0.4, 0.5) is 11.4 Å². The van der Waals surface area contributed by atoms with Crippen molar-refractivity contribution in [2.24, 2.45) is 0 Å². The highest BCUT2D eigenvalue weighted by Crippen LogP contribution is 2.40. The molecule has 0 spiro atoms. The zero-order valence-corrected chi connectivity index (χ0v) is 16.3. The van der Waals surface area contributed by atoms with Crippen LogP contribution in [-0.4, -0.2) is 0 Å². The normalized spacial score (nSPS) is 11.3. The summed E-state index contributed by atoms with van der Waals surface area (Å²) in [5.74, 6) is 0. The molecule has 0 aliphatic heterocycles. The number of para-hydroxylation sites is 1. The van der Waals surface area contributed by atoms with Crippen LogP contribution < -0.4 is 5.32 Å². The largest absolute Gasteiger partial charge is 0.454 e. The third-order valence-electron chi connectivity index (χ3n) is 5.62. The van der Waals surface area contributed by atoms with Gasteiger partial charge in [0, 0.05) is 16.5 Å². The van der Waals surface area contributed by atoms with Crippen molar-refractivity contribution < 1.29 is 4.42 Å². The Bertz CT molecular complexity index is 1510. The Hall–Kier alpha value is -4.04. The minimum absolute atomic E-state index is 0.889. The average Bonchev–Trinajstić information content (AvgIpc) is 3.20. The van der Waals surface area contributed by atoms with E-state index in [4.69, 9.17) is 4.42 Å². The second kappa shape index (κ2) is 6.78. The highest BCUT2D eigenvalue weighted by atomic mass is 16.3. The molecule has 2 heteroatoms. The monoisotopic (exact) mass is 385 g/mol. The van der Waals surface area contributed by atoms with Gasteiger partial charge in [0.15, 0.2) is 5.58 Å². The smallest absolute Gasteiger partial charge is 0.159 e. The minimum Gasteiger partial charge on any atom is -0.454 e. The van der Waals surface area contributed by atoms with Crippen LogP contribution in [0.25, 0.3) is 43.8 Å². The fraction of sp³-hybridized carbons (Fsp3) is 0. The van der Waals surface area contributed by atoms with Gasteiger partial charge in [-0.25, -0.2) is 0 Å². The standard InChI is InChI=1S/C28H19NO/c1-2-9-19(10-3-1)20-12-8-13-22(17-20)29-25-18-21-11-4-5-14-23(21)27-24-15-6-7-16-26(24)30-28(25)27/h1-18,29H. The molecule has 0 aliphatic carbocycles. The summed E-state index contributed by atoms with van der Waals surface area (Å²) >= 11 is 0. The molecule has 0 aliphatic rings. The van der Waals surface area contributed by atoms with E-state index in [-0.39, 0.29) is 0 Å². The lowest BCUT2D eigenvalue weighted by molar-refractivity contribution is 0.670. The Morgan fingerprint density at radius 3 is 2.20 bits per heavy atom. The summed E-state index contributed by atoms with van der Waals surface area (Å²) in [4.78, 5) is 0. The molecule has 1 heterocycles. The molecule has 0 saturated carbocycles. The highest BCUT2D eigenvalue weighted by molar-refractivity contribution is 6.22. The van der Waals surface area contributed by atoms with Gasteiger partial charge in [-0.1, -0.05) is 84.9 Å². The molecule has 30 heavy (non-hydrogen) atoms. The molecular weight excluding hydrogens is 366 g/mol. The number of anilines is 2. The fourth-order valence-corrected chi connectivity index (χ4v) is 4.23. The third kappa shape index (κ3) is 2.73. The van der Waals surface area contributed by atoms with Gasteiger partial charge in [-0.05, 0) is 46.2 Å². The van der Waals surface area contributed by atoms with Crippen LogP contribution in [0.5, 0.6) is 0 Å². The van der Waals surface area contributed by atoms with Crippen molar-refractivity contribution in [1.29, 1.82) is 0 Å². The van der Waals surface area contributed by atoms with Gasteiger partial charge in [-0.15, -0.1) is 0 Å². The first kappa shape index (κ1) is 16.9. The topological polar surface area (TPSA) is 25.2 Å². The van der Waals surface area contributed by atoms with Gasteiger partial charge in [0.05, 0.1) is 5.69 Å². The molecule has 6 rings (SSSR count). The van der Waals surface area contributed by atoms with Gasteiger partial charge in [0.2, 0.25) is 0 Å². The summed E-state index contributed by atoms with van der Waals surface area (Å²) in [7, 11) is 0. The van der Waals surface area contributed by atoms with Crippen molar-refractivity contribution >= 4 is 44.1 Å². The number of furan rings is 1. The molecule has 0 bridgehead atoms. The summed E-state index contributed by atoms with van der Waals surface area (Å²) in [6.07, 6.45) is 0. The predicted octanol–water partition coefficient (Wildman–Crippen LogP) is 8.15. The maximum atomic E-state index is 6.32. The highest BCUT2D eigenvalue weighted by Gasteiger charge is 2.15. The molecule has 6 aromatic rings. The summed E-state index contributed by atoms with van der Waals surface area (Å²) in [5.41, 5.74) is 6.19. The quantitative estimate of drug-likeness (QED) is 0.332. The molecule has 2 nitrogen and oxygen atoms in total. The zero-order chi connectivity index (χ0) is 19.9. The molecule has 142 valence electrons. The molecule has 0 fully saturated rings. The van der Waals surface area contributed by atoms with Gasteiger partial charge in [0.1, 0.15) is 5.58 Å². The minimum atomic E-state index is 0.889. The van der Waals surface area contributed by atoms with Gasteiger partial charge in [0.25, 0.3) is 0 Å². The van der Waals surface area contributed by atoms with E-state index in [0.717, 1.165) is 33.3 Å². The predicted molar refractivity (Wildman–Crippen MR) is 126 cm³/mol. The number of nitrogens with one attached hydrogen (secondary N) is 1. The van der Waals surface area contributed by atoms with Gasteiger partial charge in [-0.3, -0.25) is 0 Å². The Morgan fingerprint density at radius 1 is 0.567 bits per heavy atom. The molecule has 5 aromatic carbocycles. The number of hydrogen-bond donors (Lipinski definition) is 1. The molecule has 0 atom stereocenters. The lowest BCUT2D eigenvalue weighted by Gasteiger charge is -2.11. The second-order valence-corrected chi connectivity index (χ2v) is 7.52. The van der Waals surface area contributed by atoms with Crippen LogP contribution in [0, 0.1) is 0 Å². The van der Waals surface area contributed by atoms with Crippen LogP contribution in [0.2, 0.25) is 0 Å². The molecule has 0 unspecified atom stereocenters. The van der Waals surface area contributed by atoms with Gasteiger partial charge < -0.3 is 9.73 Å². The van der Waals surface area contributed by atoms with Crippen LogP contribution in [0.15, 0.2) is 114 Å². The molecule has 0 radical (unpaired) electrons. The van der Waals surface area contributed by atoms with E-state index in [2.05, 4.69) is 96.3 Å². The lowest BCUT2D eigenvalue weighted by Crippen LogP contribution is -1.92. The average molecular weight is 385 g/mol. The van der Waals surface area contributed by atoms with Gasteiger partial charge in [-0.2, -0.15) is 0 Å². The van der Waals surface area contributed by atoms with Gasteiger partial charge >= 0.3 is 0 Å². The Labute approximate surface area is 174 Å². The van der Waals surface area contributed by atoms with Crippen molar-refractivity contribution in [1.82, 2.24) is 0 Å². The van der Waals surface area contributed by atoms with E-state index < -0.39 is 0 Å². The van der Waals surface area contributed by atoms with E-state index in [1.54, 1.807) is 0 Å². The Balaban J connectivity index is 1.55. The molecule has 0 amide bonds. The maximum absolute atomic E-state index is 6.32. The first-order valence-electron chi connectivity index (χ1n) is 10.1. The van der Waals surface area contributed by atoms with Crippen molar-refractivity contribution in [3.05, 3.63) is 109 Å². The van der Waals surface area contributed by atoms with E-state index in [1.165, 1.54) is 21.9 Å². The summed E-state index contributed by atoms with van der Waals surface area (Å²) < 4.78 is 6.32. The van der Waals surface area contributed by atoms with Crippen LogP contribution >= 0.6 is 0 Å². The Kier molecular flexibility index (Phi) is 3.82. The summed E-state index contributed by atoms with van der Waals surface area (Å²) in [6.45, 7) is 0. The third-order valence-corrected chi connectivity index (χ3v) is 5.62.